The van der Waals surface area contributed by atoms with Crippen molar-refractivity contribution < 1.29 is 21.8 Å². The molecule has 0 saturated heterocycles. The molecule has 1 aromatic carbocycles. The molecular weight excluding hydrogens is 256 g/mol. The van der Waals surface area contributed by atoms with Gasteiger partial charge < -0.3 is 0 Å². The minimum atomic E-state index is -4.49. The summed E-state index contributed by atoms with van der Waals surface area (Å²) in [6.07, 6.45) is -4.14. The molecule has 0 bridgehead atoms. The summed E-state index contributed by atoms with van der Waals surface area (Å²) in [6, 6.07) is 2.38. The van der Waals surface area contributed by atoms with Gasteiger partial charge in [-0.3, -0.25) is 4.21 Å². The molecule has 0 saturated carbocycles. The van der Waals surface area contributed by atoms with Gasteiger partial charge >= 0.3 is 6.18 Å². The first-order valence-electron chi connectivity index (χ1n) is 4.98. The number of hydrogen-bond donors (Lipinski definition) is 0. The lowest BCUT2D eigenvalue weighted by Gasteiger charge is -2.10. The summed E-state index contributed by atoms with van der Waals surface area (Å²) in [6.45, 7) is 3.14. The molecule has 0 amide bonds. The Kier molecular flexibility index (Phi) is 4.30. The quantitative estimate of drug-likeness (QED) is 0.768. The zero-order chi connectivity index (χ0) is 13.2. The molecule has 1 unspecified atom stereocenters. The van der Waals surface area contributed by atoms with Crippen LogP contribution < -0.4 is 0 Å². The van der Waals surface area contributed by atoms with Crippen LogP contribution in [-0.2, 0) is 17.2 Å². The van der Waals surface area contributed by atoms with E-state index in [1.165, 1.54) is 13.0 Å². The predicted octanol–water partition coefficient (Wildman–Crippen LogP) is 3.37. The number of alkyl halides is 3. The van der Waals surface area contributed by atoms with E-state index in [9.17, 15) is 21.8 Å². The Morgan fingerprint density at radius 1 is 1.29 bits per heavy atom. The maximum absolute atomic E-state index is 13.3. The molecule has 0 aliphatic heterocycles. The number of aryl methyl sites for hydroxylation is 2. The van der Waals surface area contributed by atoms with Crippen molar-refractivity contribution in [2.24, 2.45) is 0 Å². The van der Waals surface area contributed by atoms with Crippen molar-refractivity contribution in [3.63, 3.8) is 0 Å². The van der Waals surface area contributed by atoms with Crippen LogP contribution in [0.25, 0.3) is 0 Å². The van der Waals surface area contributed by atoms with Crippen molar-refractivity contribution in [2.75, 3.05) is 5.75 Å². The first-order chi connectivity index (χ1) is 7.74. The van der Waals surface area contributed by atoms with Crippen LogP contribution in [0.1, 0.15) is 18.1 Å². The molecule has 1 aromatic rings. The van der Waals surface area contributed by atoms with Crippen LogP contribution in [-0.4, -0.2) is 16.1 Å². The van der Waals surface area contributed by atoms with E-state index < -0.39 is 28.5 Å². The molecule has 1 rings (SSSR count). The van der Waals surface area contributed by atoms with Gasteiger partial charge in [-0.05, 0) is 36.6 Å². The second kappa shape index (κ2) is 5.16. The van der Waals surface area contributed by atoms with Crippen molar-refractivity contribution in [3.8, 4) is 0 Å². The van der Waals surface area contributed by atoms with Gasteiger partial charge in [0, 0.05) is 4.90 Å². The Morgan fingerprint density at radius 2 is 1.88 bits per heavy atom. The number of halogens is 4. The Balaban J connectivity index is 3.10. The van der Waals surface area contributed by atoms with Gasteiger partial charge in [0.2, 0.25) is 0 Å². The number of hydrogen-bond acceptors (Lipinski definition) is 1. The van der Waals surface area contributed by atoms with E-state index >= 15 is 0 Å². The molecule has 6 heteroatoms. The van der Waals surface area contributed by atoms with Crippen LogP contribution in [0.5, 0.6) is 0 Å². The van der Waals surface area contributed by atoms with Gasteiger partial charge in [-0.25, -0.2) is 4.39 Å². The summed E-state index contributed by atoms with van der Waals surface area (Å²) in [7, 11) is -2.18. The lowest BCUT2D eigenvalue weighted by atomic mass is 10.1. The third kappa shape index (κ3) is 3.80. The molecule has 0 fully saturated rings. The monoisotopic (exact) mass is 268 g/mol. The van der Waals surface area contributed by atoms with Crippen LogP contribution in [0.2, 0.25) is 0 Å². The second-order valence-corrected chi connectivity index (χ2v) is 5.09. The summed E-state index contributed by atoms with van der Waals surface area (Å²) in [5.74, 6) is -1.87. The average Bonchev–Trinajstić information content (AvgIpc) is 2.14. The van der Waals surface area contributed by atoms with Crippen LogP contribution in [0.4, 0.5) is 17.6 Å². The fourth-order valence-electron chi connectivity index (χ4n) is 1.44. The summed E-state index contributed by atoms with van der Waals surface area (Å²) in [5, 5.41) is 0. The summed E-state index contributed by atoms with van der Waals surface area (Å²) < 4.78 is 61.2. The first-order valence-corrected chi connectivity index (χ1v) is 6.30. The highest BCUT2D eigenvalue weighted by molar-refractivity contribution is 7.85. The lowest BCUT2D eigenvalue weighted by molar-refractivity contribution is -0.105. The van der Waals surface area contributed by atoms with E-state index in [1.54, 1.807) is 6.92 Å². The van der Waals surface area contributed by atoms with Crippen molar-refractivity contribution in [3.05, 3.63) is 29.1 Å². The van der Waals surface area contributed by atoms with Crippen LogP contribution in [0.3, 0.4) is 0 Å². The fraction of sp³-hybridized carbons (Fsp3) is 0.455. The molecule has 0 heterocycles. The Morgan fingerprint density at radius 3 is 2.35 bits per heavy atom. The molecule has 1 atom stereocenters. The van der Waals surface area contributed by atoms with Gasteiger partial charge in [-0.2, -0.15) is 13.2 Å². The molecule has 0 radical (unpaired) electrons. The van der Waals surface area contributed by atoms with Gasteiger partial charge in [-0.1, -0.05) is 6.92 Å². The maximum atomic E-state index is 13.3. The van der Waals surface area contributed by atoms with Crippen LogP contribution >= 0.6 is 0 Å². The Bertz CT molecular complexity index is 440. The Labute approximate surface area is 99.3 Å². The van der Waals surface area contributed by atoms with E-state index in [4.69, 9.17) is 0 Å². The van der Waals surface area contributed by atoms with Gasteiger partial charge in [0.15, 0.2) is 0 Å². The van der Waals surface area contributed by atoms with Gasteiger partial charge in [0.05, 0.1) is 10.8 Å². The lowest BCUT2D eigenvalue weighted by Crippen LogP contribution is -2.19. The zero-order valence-electron chi connectivity index (χ0n) is 9.40. The van der Waals surface area contributed by atoms with E-state index in [1.807, 2.05) is 0 Å². The van der Waals surface area contributed by atoms with Crippen molar-refractivity contribution >= 4 is 10.8 Å². The minimum absolute atomic E-state index is 0.0561. The van der Waals surface area contributed by atoms with E-state index in [0.29, 0.717) is 6.42 Å². The standard InChI is InChI=1S/C11H12F4OS/c1-3-8-5-10(7(2)4-9(8)12)17(16)6-11(13,14)15/h4-5H,3,6H2,1-2H3. The van der Waals surface area contributed by atoms with E-state index in [2.05, 4.69) is 0 Å². The molecule has 17 heavy (non-hydrogen) atoms. The van der Waals surface area contributed by atoms with Gasteiger partial charge in [0.1, 0.15) is 11.6 Å². The molecule has 0 aromatic heterocycles. The van der Waals surface area contributed by atoms with E-state index in [-0.39, 0.29) is 16.0 Å². The topological polar surface area (TPSA) is 17.1 Å². The number of rotatable bonds is 3. The molecule has 1 nitrogen and oxygen atoms in total. The second-order valence-electron chi connectivity index (χ2n) is 3.67. The zero-order valence-corrected chi connectivity index (χ0v) is 10.2. The van der Waals surface area contributed by atoms with Crippen molar-refractivity contribution in [1.82, 2.24) is 0 Å². The molecule has 0 N–H and O–H groups in total. The largest absolute Gasteiger partial charge is 0.400 e. The van der Waals surface area contributed by atoms with Crippen molar-refractivity contribution in [1.29, 1.82) is 0 Å². The third-order valence-corrected chi connectivity index (χ3v) is 3.78. The van der Waals surface area contributed by atoms with Crippen molar-refractivity contribution in [2.45, 2.75) is 31.3 Å². The maximum Gasteiger partial charge on any atom is 0.400 e. The molecule has 96 valence electrons. The predicted molar refractivity (Wildman–Crippen MR) is 57.8 cm³/mol. The molecule has 0 aliphatic rings. The Hall–Kier alpha value is -0.910. The molecule has 0 aliphatic carbocycles. The third-order valence-electron chi connectivity index (χ3n) is 2.26. The van der Waals surface area contributed by atoms with E-state index in [0.717, 1.165) is 6.07 Å². The highest BCUT2D eigenvalue weighted by Gasteiger charge is 2.31. The molecule has 0 spiro atoms. The van der Waals surface area contributed by atoms with Crippen LogP contribution in [0.15, 0.2) is 17.0 Å². The van der Waals surface area contributed by atoms with Gasteiger partial charge in [-0.15, -0.1) is 0 Å². The highest BCUT2D eigenvalue weighted by Crippen LogP contribution is 2.24. The first kappa shape index (κ1) is 14.2. The summed E-state index contributed by atoms with van der Waals surface area (Å²) >= 11 is 0. The average molecular weight is 268 g/mol. The fourth-order valence-corrected chi connectivity index (χ4v) is 2.58. The minimum Gasteiger partial charge on any atom is -0.254 e. The highest BCUT2D eigenvalue weighted by atomic mass is 32.2. The number of benzene rings is 1. The summed E-state index contributed by atoms with van der Waals surface area (Å²) in [4.78, 5) is 0.0561. The SMILES string of the molecule is CCc1cc(S(=O)CC(F)(F)F)c(C)cc1F. The molecular formula is C11H12F4OS. The van der Waals surface area contributed by atoms with Crippen LogP contribution in [0, 0.1) is 12.7 Å². The normalized spacial score (nSPS) is 13.8. The smallest absolute Gasteiger partial charge is 0.254 e. The summed E-state index contributed by atoms with van der Waals surface area (Å²) in [5.41, 5.74) is 0.559. The van der Waals surface area contributed by atoms with Gasteiger partial charge in [0.25, 0.3) is 0 Å².